The maximum absolute atomic E-state index is 11.1. The summed E-state index contributed by atoms with van der Waals surface area (Å²) in [6, 6.07) is 6.68. The van der Waals surface area contributed by atoms with E-state index in [1.54, 1.807) is 24.3 Å². The summed E-state index contributed by atoms with van der Waals surface area (Å²) in [5, 5.41) is 21.2. The number of fused-ring (bicyclic) bond motifs is 1. The molecule has 0 atom stereocenters. The lowest BCUT2D eigenvalue weighted by Crippen LogP contribution is -2.02. The highest BCUT2D eigenvalue weighted by molar-refractivity contribution is 5.90. The summed E-state index contributed by atoms with van der Waals surface area (Å²) in [5.74, 6) is 0.674. The summed E-state index contributed by atoms with van der Waals surface area (Å²) in [6.07, 6.45) is 1.54. The van der Waals surface area contributed by atoms with Gasteiger partial charge in [-0.25, -0.2) is 4.63 Å². The summed E-state index contributed by atoms with van der Waals surface area (Å²) >= 11 is 0. The van der Waals surface area contributed by atoms with Crippen molar-refractivity contribution >= 4 is 22.4 Å². The zero-order valence-corrected chi connectivity index (χ0v) is 9.57. The van der Waals surface area contributed by atoms with E-state index in [0.29, 0.717) is 23.5 Å². The molecule has 8 heteroatoms. The van der Waals surface area contributed by atoms with Crippen LogP contribution in [0, 0.1) is 10.1 Å². The molecule has 19 heavy (non-hydrogen) atoms. The van der Waals surface area contributed by atoms with E-state index in [1.165, 1.54) is 6.26 Å². The molecule has 0 unspecified atom stereocenters. The molecule has 1 N–H and O–H groups in total. The van der Waals surface area contributed by atoms with Gasteiger partial charge in [0, 0.05) is 0 Å². The molecular formula is C11H8N4O4. The van der Waals surface area contributed by atoms with Gasteiger partial charge in [-0.3, -0.25) is 10.1 Å². The maximum atomic E-state index is 11.1. The third kappa shape index (κ3) is 1.99. The van der Waals surface area contributed by atoms with Crippen molar-refractivity contribution in [2.45, 2.75) is 6.54 Å². The molecule has 0 bridgehead atoms. The molecule has 0 saturated heterocycles. The van der Waals surface area contributed by atoms with Crippen LogP contribution in [0.2, 0.25) is 0 Å². The quantitative estimate of drug-likeness (QED) is 0.566. The lowest BCUT2D eigenvalue weighted by atomic mass is 10.2. The summed E-state index contributed by atoms with van der Waals surface area (Å²) in [4.78, 5) is 10.6. The van der Waals surface area contributed by atoms with Gasteiger partial charge in [0.15, 0.2) is 0 Å². The van der Waals surface area contributed by atoms with E-state index >= 15 is 0 Å². The number of nitrogens with one attached hydrogen (secondary N) is 1. The summed E-state index contributed by atoms with van der Waals surface area (Å²) in [6.45, 7) is 0.338. The topological polar surface area (TPSA) is 107 Å². The number of nitrogens with zero attached hydrogens (tertiary/aromatic N) is 3. The van der Waals surface area contributed by atoms with Crippen LogP contribution in [0.1, 0.15) is 5.76 Å². The fourth-order valence-corrected chi connectivity index (χ4v) is 1.76. The van der Waals surface area contributed by atoms with Crippen molar-refractivity contribution in [2.75, 3.05) is 5.32 Å². The van der Waals surface area contributed by atoms with E-state index in [9.17, 15) is 10.1 Å². The van der Waals surface area contributed by atoms with E-state index in [4.69, 9.17) is 4.42 Å². The van der Waals surface area contributed by atoms with Crippen LogP contribution >= 0.6 is 0 Å². The van der Waals surface area contributed by atoms with Crippen LogP contribution in [-0.2, 0) is 6.54 Å². The predicted molar refractivity (Wildman–Crippen MR) is 64.5 cm³/mol. The lowest BCUT2D eigenvalue weighted by molar-refractivity contribution is -0.382. The van der Waals surface area contributed by atoms with E-state index in [2.05, 4.69) is 20.3 Å². The number of anilines is 1. The van der Waals surface area contributed by atoms with Crippen molar-refractivity contribution < 1.29 is 14.0 Å². The van der Waals surface area contributed by atoms with Crippen molar-refractivity contribution in [1.29, 1.82) is 0 Å². The molecule has 0 fully saturated rings. The van der Waals surface area contributed by atoms with Crippen LogP contribution in [0.4, 0.5) is 11.4 Å². The number of hydrogen-bond acceptors (Lipinski definition) is 7. The van der Waals surface area contributed by atoms with E-state index < -0.39 is 4.92 Å². The van der Waals surface area contributed by atoms with Gasteiger partial charge in [0.2, 0.25) is 5.52 Å². The molecule has 0 aliphatic rings. The van der Waals surface area contributed by atoms with Crippen LogP contribution < -0.4 is 5.32 Å². The second-order valence-corrected chi connectivity index (χ2v) is 3.78. The Morgan fingerprint density at radius 2 is 2.21 bits per heavy atom. The molecule has 2 heterocycles. The first-order valence-corrected chi connectivity index (χ1v) is 5.41. The molecule has 0 amide bonds. The third-order valence-electron chi connectivity index (χ3n) is 2.62. The van der Waals surface area contributed by atoms with Gasteiger partial charge in [-0.2, -0.15) is 0 Å². The highest BCUT2D eigenvalue weighted by Gasteiger charge is 2.22. The van der Waals surface area contributed by atoms with Gasteiger partial charge in [-0.15, -0.1) is 0 Å². The fourth-order valence-electron chi connectivity index (χ4n) is 1.76. The minimum Gasteiger partial charge on any atom is -0.467 e. The molecule has 0 aliphatic carbocycles. The van der Waals surface area contributed by atoms with Crippen molar-refractivity contribution in [3.8, 4) is 0 Å². The van der Waals surface area contributed by atoms with Gasteiger partial charge in [0.25, 0.3) is 0 Å². The summed E-state index contributed by atoms with van der Waals surface area (Å²) in [7, 11) is 0. The molecule has 96 valence electrons. The Morgan fingerprint density at radius 1 is 1.32 bits per heavy atom. The fraction of sp³-hybridized carbons (Fsp3) is 0.0909. The SMILES string of the molecule is O=[N+]([O-])c1c(NCc2ccco2)ccc2nonc12. The number of nitro benzene ring substituents is 1. The van der Waals surface area contributed by atoms with E-state index in [-0.39, 0.29) is 11.2 Å². The van der Waals surface area contributed by atoms with Gasteiger partial charge < -0.3 is 9.73 Å². The van der Waals surface area contributed by atoms with Crippen molar-refractivity contribution in [1.82, 2.24) is 10.3 Å². The van der Waals surface area contributed by atoms with Gasteiger partial charge in [-0.1, -0.05) is 0 Å². The van der Waals surface area contributed by atoms with Gasteiger partial charge >= 0.3 is 5.69 Å². The zero-order valence-electron chi connectivity index (χ0n) is 9.57. The Morgan fingerprint density at radius 3 is 2.95 bits per heavy atom. The highest BCUT2D eigenvalue weighted by atomic mass is 16.6. The average molecular weight is 260 g/mol. The van der Waals surface area contributed by atoms with Crippen molar-refractivity contribution in [3.63, 3.8) is 0 Å². The van der Waals surface area contributed by atoms with Crippen LogP contribution in [0.25, 0.3) is 11.0 Å². The number of rotatable bonds is 4. The molecule has 8 nitrogen and oxygen atoms in total. The molecule has 0 saturated carbocycles. The Balaban J connectivity index is 1.97. The van der Waals surface area contributed by atoms with E-state index in [1.807, 2.05) is 0 Å². The summed E-state index contributed by atoms with van der Waals surface area (Å²) < 4.78 is 9.66. The first-order chi connectivity index (χ1) is 9.25. The van der Waals surface area contributed by atoms with E-state index in [0.717, 1.165) is 0 Å². The van der Waals surface area contributed by atoms with Crippen LogP contribution in [0.15, 0.2) is 39.6 Å². The molecule has 3 aromatic rings. The van der Waals surface area contributed by atoms with Gasteiger partial charge in [0.05, 0.1) is 17.7 Å². The molecular weight excluding hydrogens is 252 g/mol. The minimum absolute atomic E-state index is 0.120. The lowest BCUT2D eigenvalue weighted by Gasteiger charge is -2.04. The molecule has 2 aromatic heterocycles. The monoisotopic (exact) mass is 260 g/mol. The second-order valence-electron chi connectivity index (χ2n) is 3.78. The Labute approximate surface area is 106 Å². The zero-order chi connectivity index (χ0) is 13.2. The average Bonchev–Trinajstić information content (AvgIpc) is 3.06. The van der Waals surface area contributed by atoms with Gasteiger partial charge in [0.1, 0.15) is 17.0 Å². The minimum atomic E-state index is -0.517. The number of furan rings is 1. The van der Waals surface area contributed by atoms with Crippen molar-refractivity contribution in [2.24, 2.45) is 0 Å². The smallest absolute Gasteiger partial charge is 0.323 e. The Bertz CT molecular complexity index is 719. The van der Waals surface area contributed by atoms with Gasteiger partial charge in [-0.05, 0) is 34.6 Å². The maximum Gasteiger partial charge on any atom is 0.323 e. The largest absolute Gasteiger partial charge is 0.467 e. The molecule has 0 spiro atoms. The number of nitro groups is 1. The standard InChI is InChI=1S/C11H8N4O4/c16-15(17)11-9(12-6-7-2-1-5-18-7)4-3-8-10(11)14-19-13-8/h1-5,12H,6H2. The Kier molecular flexibility index (Phi) is 2.60. The van der Waals surface area contributed by atoms with Crippen LogP contribution in [0.3, 0.4) is 0 Å². The highest BCUT2D eigenvalue weighted by Crippen LogP contribution is 2.31. The first-order valence-electron chi connectivity index (χ1n) is 5.41. The summed E-state index contributed by atoms with van der Waals surface area (Å²) in [5.41, 5.74) is 0.639. The molecule has 0 radical (unpaired) electrons. The third-order valence-corrected chi connectivity index (χ3v) is 2.62. The number of benzene rings is 1. The Hall–Kier alpha value is -2.90. The van der Waals surface area contributed by atoms with Crippen LogP contribution in [-0.4, -0.2) is 15.2 Å². The first kappa shape index (κ1) is 11.2. The normalized spacial score (nSPS) is 10.7. The van der Waals surface area contributed by atoms with Crippen molar-refractivity contribution in [3.05, 3.63) is 46.4 Å². The molecule has 3 rings (SSSR count). The predicted octanol–water partition coefficient (Wildman–Crippen LogP) is 2.34. The molecule has 0 aliphatic heterocycles. The number of aromatic nitrogens is 2. The molecule has 1 aromatic carbocycles. The van der Waals surface area contributed by atoms with Crippen LogP contribution in [0.5, 0.6) is 0 Å². The number of hydrogen-bond donors (Lipinski definition) is 1. The second kappa shape index (κ2) is 4.41.